The highest BCUT2D eigenvalue weighted by Gasteiger charge is 2.55. The first-order valence-electron chi connectivity index (χ1n) is 20.5. The van der Waals surface area contributed by atoms with Crippen LogP contribution in [0.3, 0.4) is 0 Å². The summed E-state index contributed by atoms with van der Waals surface area (Å²) in [6.07, 6.45) is 4.34. The molecule has 0 heterocycles. The Hall–Kier alpha value is -3.70. The highest BCUT2D eigenvalue weighted by Crippen LogP contribution is 2.32. The lowest BCUT2D eigenvalue weighted by Crippen LogP contribution is -2.72. The molecule has 0 aliphatic carbocycles. The van der Waals surface area contributed by atoms with E-state index >= 15 is 0 Å². The van der Waals surface area contributed by atoms with Crippen molar-refractivity contribution in [3.05, 3.63) is 111 Å². The van der Waals surface area contributed by atoms with Gasteiger partial charge in [0, 0.05) is 35.6 Å². The van der Waals surface area contributed by atoms with Gasteiger partial charge < -0.3 is 49.0 Å². The highest BCUT2D eigenvalue weighted by atomic mass is 28.5. The van der Waals surface area contributed by atoms with Crippen molar-refractivity contribution in [2.45, 2.75) is 93.4 Å². The number of hydrogen-bond donors (Lipinski definition) is 0. The Morgan fingerprint density at radius 3 is 0.955 bits per heavy atom. The third-order valence-corrected chi connectivity index (χ3v) is 36.8. The molecular weight excluding hydrogens is 961 g/mol. The molecule has 21 heteroatoms. The van der Waals surface area contributed by atoms with Crippen LogP contribution in [0.2, 0.25) is 63.7 Å². The van der Waals surface area contributed by atoms with Gasteiger partial charge in [-0.3, -0.25) is 0 Å². The Labute approximate surface area is 409 Å². The largest absolute Gasteiger partial charge is 0.460 e. The van der Waals surface area contributed by atoms with Gasteiger partial charge in [0.05, 0.1) is 26.4 Å². The van der Waals surface area contributed by atoms with E-state index in [1.165, 1.54) is 0 Å². The minimum atomic E-state index is -3.67. The predicted octanol–water partition coefficient (Wildman–Crippen LogP) is 8.15. The molecule has 2 aromatic carbocycles. The van der Waals surface area contributed by atoms with Crippen molar-refractivity contribution >= 4 is 85.1 Å². The van der Waals surface area contributed by atoms with E-state index < -0.39 is 74.8 Å². The van der Waals surface area contributed by atoms with E-state index in [-0.39, 0.29) is 82.6 Å². The average Bonchev–Trinajstić information content (AvgIpc) is 3.23. The Balaban J connectivity index is -0.0000102. The highest BCUT2D eigenvalue weighted by molar-refractivity contribution is 7.04. The Morgan fingerprint density at radius 2 is 0.687 bits per heavy atom. The molecule has 0 radical (unpaired) electrons. The fraction of sp³-hybridized carbons (Fsp3) is 0.478. The maximum atomic E-state index is 11.8. The average molecular weight is 1040 g/mol. The van der Waals surface area contributed by atoms with Crippen LogP contribution in [0.5, 0.6) is 0 Å². The van der Waals surface area contributed by atoms with Crippen LogP contribution in [0.4, 0.5) is 0 Å². The fourth-order valence-electron chi connectivity index (χ4n) is 6.90. The topological polar surface area (TPSA) is 170 Å². The minimum absolute atomic E-state index is 0. The first-order valence-corrected chi connectivity index (χ1v) is 36.4. The van der Waals surface area contributed by atoms with Crippen LogP contribution in [-0.2, 0) is 68.2 Å². The lowest BCUT2D eigenvalue weighted by molar-refractivity contribution is -0.140. The molecule has 0 spiro atoms. The van der Waals surface area contributed by atoms with E-state index in [0.29, 0.717) is 11.3 Å². The third-order valence-electron chi connectivity index (χ3n) is 8.74. The predicted molar refractivity (Wildman–Crippen MR) is 282 cm³/mol. The molecule has 0 unspecified atom stereocenters. The molecule has 0 atom stereocenters. The summed E-state index contributed by atoms with van der Waals surface area (Å²) in [5.74, 6) is -2.27. The lowest BCUT2D eigenvalue weighted by atomic mass is 10.4. The van der Waals surface area contributed by atoms with E-state index in [0.717, 1.165) is 34.7 Å². The van der Waals surface area contributed by atoms with Gasteiger partial charge in [-0.1, -0.05) is 117 Å². The van der Waals surface area contributed by atoms with Crippen molar-refractivity contribution in [2.24, 2.45) is 0 Å². The van der Waals surface area contributed by atoms with Crippen molar-refractivity contribution in [1.82, 2.24) is 0 Å². The van der Waals surface area contributed by atoms with Crippen LogP contribution in [0.25, 0.3) is 0 Å². The number of esters is 4. The molecule has 67 heavy (non-hydrogen) atoms. The molecule has 0 bridgehead atoms. The molecule has 2 aromatic rings. The smallest absolute Gasteiger partial charge is 0.388 e. The monoisotopic (exact) mass is 1040 g/mol. The van der Waals surface area contributed by atoms with Gasteiger partial charge in [0.2, 0.25) is 0 Å². The van der Waals surface area contributed by atoms with Gasteiger partial charge in [-0.15, -0.1) is 0 Å². The molecule has 0 aliphatic rings. The molecule has 0 aromatic heterocycles. The van der Waals surface area contributed by atoms with Crippen LogP contribution < -0.4 is 10.4 Å². The van der Waals surface area contributed by atoms with Crippen molar-refractivity contribution in [2.75, 3.05) is 52.9 Å². The Bertz CT molecular complexity index is 1720. The molecule has 0 saturated heterocycles. The van der Waals surface area contributed by atoms with E-state index in [9.17, 15) is 19.2 Å². The summed E-state index contributed by atoms with van der Waals surface area (Å²) in [4.78, 5) is 47.0. The standard InChI is InChI=1S/C42H66O15Si6.4CH4/c1-13-39(43)47-27-31-51-61(11,52-32-28-48-40(44)14-2)35-58(5,6)55-60(9,10)57-63(37-23-19-17-20-24-37,38-25-21-18-22-26-38)56-59(7,8)36-62(12,53-33-29-49-41(45)15-3)54-34-30-50-42(46)16-4;;;;/h13-26H,1-4,27-36H2,5-12H3;4*1H4. The number of hydrogen-bond acceptors (Lipinski definition) is 15. The zero-order valence-electron chi connectivity index (χ0n) is 38.1. The summed E-state index contributed by atoms with van der Waals surface area (Å²) in [6, 6.07) is 19.8. The molecule has 0 amide bonds. The second-order valence-electron chi connectivity index (χ2n) is 16.1. The molecule has 15 nitrogen and oxygen atoms in total. The minimum Gasteiger partial charge on any atom is -0.460 e. The zero-order valence-corrected chi connectivity index (χ0v) is 44.1. The van der Waals surface area contributed by atoms with Gasteiger partial charge in [-0.05, 0) is 62.7 Å². The van der Waals surface area contributed by atoms with Crippen LogP contribution in [0.15, 0.2) is 111 Å². The molecule has 0 aliphatic heterocycles. The van der Waals surface area contributed by atoms with Gasteiger partial charge in [-0.2, -0.15) is 0 Å². The van der Waals surface area contributed by atoms with Gasteiger partial charge in [0.1, 0.15) is 26.4 Å². The van der Waals surface area contributed by atoms with Gasteiger partial charge in [-0.25, -0.2) is 19.2 Å². The lowest BCUT2D eigenvalue weighted by Gasteiger charge is -2.46. The van der Waals surface area contributed by atoms with Crippen LogP contribution >= 0.6 is 0 Å². The van der Waals surface area contributed by atoms with Crippen LogP contribution in [0, 0.1) is 0 Å². The number of benzene rings is 2. The van der Waals surface area contributed by atoms with Crippen molar-refractivity contribution in [3.63, 3.8) is 0 Å². The quantitative estimate of drug-likeness (QED) is 0.0226. The summed E-state index contributed by atoms with van der Waals surface area (Å²) in [5.41, 5.74) is 0.883. The summed E-state index contributed by atoms with van der Waals surface area (Å²) in [7, 11) is -18.7. The second kappa shape index (κ2) is 32.2. The summed E-state index contributed by atoms with van der Waals surface area (Å²) in [6.45, 7) is 30.2. The molecular formula is C46H82O15Si6. The number of ether oxygens (including phenoxy) is 4. The van der Waals surface area contributed by atoms with Gasteiger partial charge >= 0.3 is 58.1 Å². The molecule has 0 N–H and O–H groups in total. The maximum absolute atomic E-state index is 11.8. The summed E-state index contributed by atoms with van der Waals surface area (Å²) >= 11 is 0. The first kappa shape index (κ1) is 67.6. The molecule has 0 saturated carbocycles. The Morgan fingerprint density at radius 1 is 0.418 bits per heavy atom. The maximum Gasteiger partial charge on any atom is 0.388 e. The van der Waals surface area contributed by atoms with Crippen LogP contribution in [-0.4, -0.2) is 128 Å². The Kier molecular flexibility index (Phi) is 32.4. The SMILES string of the molecule is C.C.C.C.C=CC(=O)OCCO[Si](C)(C[Si](C)(C)O[Si](C)(C)O[Si](O[Si](C)(C)C[Si](C)(OCCOC(=O)C=C)OCCOC(=O)C=C)(c1ccccc1)c1ccccc1)OCCOC(=O)C=C. The van der Waals surface area contributed by atoms with E-state index in [1.54, 1.807) is 0 Å². The van der Waals surface area contributed by atoms with Gasteiger partial charge in [0.15, 0.2) is 16.6 Å². The van der Waals surface area contributed by atoms with E-state index in [1.807, 2.05) is 86.9 Å². The van der Waals surface area contributed by atoms with E-state index in [4.69, 9.17) is 49.0 Å². The van der Waals surface area contributed by atoms with E-state index in [2.05, 4.69) is 52.5 Å². The number of carbonyl (C=O) groups excluding carboxylic acids is 4. The first-order chi connectivity index (χ1) is 29.6. The fourth-order valence-corrected chi connectivity index (χ4v) is 40.8. The summed E-state index contributed by atoms with van der Waals surface area (Å²) in [5, 5.41) is 1.76. The summed E-state index contributed by atoms with van der Waals surface area (Å²) < 4.78 is 68.6. The normalized spacial score (nSPS) is 11.7. The molecule has 2 rings (SSSR count). The molecule has 0 fully saturated rings. The number of carbonyl (C=O) groups is 4. The number of rotatable bonds is 32. The molecule has 380 valence electrons. The van der Waals surface area contributed by atoms with Crippen LogP contribution in [0.1, 0.15) is 29.7 Å². The zero-order chi connectivity index (χ0) is 47.2. The van der Waals surface area contributed by atoms with Gasteiger partial charge in [0.25, 0.3) is 0 Å². The van der Waals surface area contributed by atoms with Crippen molar-refractivity contribution in [1.29, 1.82) is 0 Å². The second-order valence-corrected chi connectivity index (χ2v) is 39.3. The van der Waals surface area contributed by atoms with Crippen molar-refractivity contribution in [3.8, 4) is 0 Å². The third kappa shape index (κ3) is 25.5. The van der Waals surface area contributed by atoms with Crippen molar-refractivity contribution < 1.29 is 68.2 Å².